The molecule has 1 aromatic rings. The Kier molecular flexibility index (Phi) is 4.97. The molecule has 1 saturated carbocycles. The molecule has 0 heterocycles. The predicted molar refractivity (Wildman–Crippen MR) is 81.9 cm³/mol. The van der Waals surface area contributed by atoms with Gasteiger partial charge >= 0.3 is 5.97 Å². The summed E-state index contributed by atoms with van der Waals surface area (Å²) in [6, 6.07) is 4.23. The van der Waals surface area contributed by atoms with Crippen LogP contribution in [0.2, 0.25) is 0 Å². The number of carbonyl (C=O) groups is 1. The van der Waals surface area contributed by atoms with E-state index in [0.29, 0.717) is 5.92 Å². The first-order chi connectivity index (χ1) is 9.60. The number of aliphatic carboxylic acids is 1. The van der Waals surface area contributed by atoms with Crippen LogP contribution in [0.15, 0.2) is 17.0 Å². The number of ether oxygens (including phenoxy) is 1. The van der Waals surface area contributed by atoms with Gasteiger partial charge in [-0.05, 0) is 60.6 Å². The van der Waals surface area contributed by atoms with Crippen LogP contribution in [0.4, 0.5) is 0 Å². The van der Waals surface area contributed by atoms with Gasteiger partial charge in [-0.1, -0.05) is 6.92 Å². The van der Waals surface area contributed by atoms with E-state index in [4.69, 9.17) is 4.74 Å². The molecule has 1 aliphatic rings. The molecule has 0 aromatic heterocycles. The lowest BCUT2D eigenvalue weighted by Gasteiger charge is -2.20. The summed E-state index contributed by atoms with van der Waals surface area (Å²) in [5, 5.41) is 9.17. The second-order valence-electron chi connectivity index (χ2n) is 5.30. The Morgan fingerprint density at radius 2 is 2.20 bits per heavy atom. The number of carboxylic acids is 1. The van der Waals surface area contributed by atoms with E-state index in [1.54, 1.807) is 18.9 Å². The summed E-state index contributed by atoms with van der Waals surface area (Å²) in [5.41, 5.74) is 2.34. The van der Waals surface area contributed by atoms with Crippen LogP contribution in [0.3, 0.4) is 0 Å². The first kappa shape index (κ1) is 15.2. The molecular formula is C16H22O3S. The van der Waals surface area contributed by atoms with Crippen molar-refractivity contribution in [2.75, 3.05) is 13.4 Å². The number of hydrogen-bond acceptors (Lipinski definition) is 3. The fraction of sp³-hybridized carbons (Fsp3) is 0.562. The summed E-state index contributed by atoms with van der Waals surface area (Å²) in [4.78, 5) is 12.3. The van der Waals surface area contributed by atoms with Gasteiger partial charge in [0, 0.05) is 4.90 Å². The van der Waals surface area contributed by atoms with Crippen molar-refractivity contribution >= 4 is 17.7 Å². The highest BCUT2D eigenvalue weighted by molar-refractivity contribution is 7.98. The SMILES string of the molecule is CCc1cc(SC)c(C(CC(=O)O)C2CC2)cc1OC. The van der Waals surface area contributed by atoms with Crippen LogP contribution in [0.1, 0.15) is 43.2 Å². The molecule has 0 bridgehead atoms. The Hall–Kier alpha value is -1.16. The highest BCUT2D eigenvalue weighted by atomic mass is 32.2. The average Bonchev–Trinajstić information content (AvgIpc) is 3.27. The Balaban J connectivity index is 2.43. The van der Waals surface area contributed by atoms with Gasteiger partial charge < -0.3 is 9.84 Å². The van der Waals surface area contributed by atoms with Gasteiger partial charge in [-0.15, -0.1) is 11.8 Å². The van der Waals surface area contributed by atoms with Crippen molar-refractivity contribution in [1.29, 1.82) is 0 Å². The second-order valence-corrected chi connectivity index (χ2v) is 6.15. The Morgan fingerprint density at radius 3 is 2.65 bits per heavy atom. The van der Waals surface area contributed by atoms with Crippen molar-refractivity contribution in [1.82, 2.24) is 0 Å². The number of rotatable bonds is 7. The summed E-state index contributed by atoms with van der Waals surface area (Å²) < 4.78 is 5.47. The molecule has 0 spiro atoms. The molecule has 0 radical (unpaired) electrons. The molecule has 1 aliphatic carbocycles. The largest absolute Gasteiger partial charge is 0.496 e. The molecule has 110 valence electrons. The van der Waals surface area contributed by atoms with Gasteiger partial charge in [0.05, 0.1) is 13.5 Å². The van der Waals surface area contributed by atoms with Crippen LogP contribution in [-0.4, -0.2) is 24.4 Å². The summed E-state index contributed by atoms with van der Waals surface area (Å²) in [6.07, 6.45) is 5.47. The van der Waals surface area contributed by atoms with Crippen LogP contribution in [-0.2, 0) is 11.2 Å². The Labute approximate surface area is 124 Å². The van der Waals surface area contributed by atoms with E-state index in [-0.39, 0.29) is 12.3 Å². The first-order valence-corrected chi connectivity index (χ1v) is 8.29. The molecular weight excluding hydrogens is 272 g/mol. The normalized spacial score (nSPS) is 15.9. The zero-order valence-corrected chi connectivity index (χ0v) is 13.1. The molecule has 0 aliphatic heterocycles. The zero-order chi connectivity index (χ0) is 14.7. The van der Waals surface area contributed by atoms with E-state index in [0.717, 1.165) is 30.6 Å². The smallest absolute Gasteiger partial charge is 0.303 e. The van der Waals surface area contributed by atoms with Crippen LogP contribution in [0.5, 0.6) is 5.75 Å². The zero-order valence-electron chi connectivity index (χ0n) is 12.3. The minimum Gasteiger partial charge on any atom is -0.496 e. The molecule has 0 amide bonds. The average molecular weight is 294 g/mol. The minimum atomic E-state index is -0.715. The monoisotopic (exact) mass is 294 g/mol. The van der Waals surface area contributed by atoms with Crippen molar-refractivity contribution in [2.24, 2.45) is 5.92 Å². The van der Waals surface area contributed by atoms with Crippen LogP contribution >= 0.6 is 11.8 Å². The lowest BCUT2D eigenvalue weighted by Crippen LogP contribution is -2.10. The van der Waals surface area contributed by atoms with E-state index in [1.807, 2.05) is 0 Å². The minimum absolute atomic E-state index is 0.120. The highest BCUT2D eigenvalue weighted by Crippen LogP contribution is 2.48. The molecule has 20 heavy (non-hydrogen) atoms. The molecule has 1 atom stereocenters. The van der Waals surface area contributed by atoms with E-state index in [9.17, 15) is 9.90 Å². The van der Waals surface area contributed by atoms with Gasteiger partial charge in [0.1, 0.15) is 5.75 Å². The van der Waals surface area contributed by atoms with Crippen molar-refractivity contribution in [3.63, 3.8) is 0 Å². The topological polar surface area (TPSA) is 46.5 Å². The summed E-state index contributed by atoms with van der Waals surface area (Å²) in [6.45, 7) is 2.11. The van der Waals surface area contributed by atoms with Gasteiger partial charge in [0.15, 0.2) is 0 Å². The fourth-order valence-corrected chi connectivity index (χ4v) is 3.47. The van der Waals surface area contributed by atoms with E-state index < -0.39 is 5.97 Å². The number of methoxy groups -OCH3 is 1. The molecule has 1 unspecified atom stereocenters. The molecule has 1 fully saturated rings. The van der Waals surface area contributed by atoms with Gasteiger partial charge in [-0.3, -0.25) is 4.79 Å². The third-order valence-corrected chi connectivity index (χ3v) is 4.79. The maximum atomic E-state index is 11.2. The van der Waals surface area contributed by atoms with Gasteiger partial charge in [0.2, 0.25) is 0 Å². The standard InChI is InChI=1S/C16H22O3S/c1-4-10-7-15(20-3)13(8-14(10)19-2)12(9-16(17)18)11-5-6-11/h7-8,11-12H,4-6,9H2,1-3H3,(H,17,18). The second kappa shape index (κ2) is 6.53. The molecule has 2 rings (SSSR count). The third kappa shape index (κ3) is 3.29. The van der Waals surface area contributed by atoms with E-state index in [1.165, 1.54) is 10.5 Å². The Morgan fingerprint density at radius 1 is 1.50 bits per heavy atom. The lowest BCUT2D eigenvalue weighted by atomic mass is 9.89. The number of carboxylic acid groups (broad SMARTS) is 1. The number of benzene rings is 1. The molecule has 1 N–H and O–H groups in total. The van der Waals surface area contributed by atoms with Gasteiger partial charge in [-0.2, -0.15) is 0 Å². The summed E-state index contributed by atoms with van der Waals surface area (Å²) >= 11 is 1.70. The number of thioether (sulfide) groups is 1. The summed E-state index contributed by atoms with van der Waals surface area (Å²) in [5.74, 6) is 0.813. The molecule has 0 saturated heterocycles. The first-order valence-electron chi connectivity index (χ1n) is 7.07. The van der Waals surface area contributed by atoms with Crippen LogP contribution in [0, 0.1) is 5.92 Å². The van der Waals surface area contributed by atoms with Crippen molar-refractivity contribution in [2.45, 2.75) is 43.4 Å². The molecule has 3 nitrogen and oxygen atoms in total. The van der Waals surface area contributed by atoms with Crippen molar-refractivity contribution in [3.8, 4) is 5.75 Å². The predicted octanol–water partition coefficient (Wildman–Crippen LogP) is 3.95. The maximum absolute atomic E-state index is 11.2. The molecule has 4 heteroatoms. The van der Waals surface area contributed by atoms with Crippen molar-refractivity contribution in [3.05, 3.63) is 23.3 Å². The fourth-order valence-electron chi connectivity index (χ4n) is 2.77. The number of hydrogen-bond donors (Lipinski definition) is 1. The third-order valence-electron chi connectivity index (χ3n) is 4.00. The summed E-state index contributed by atoms with van der Waals surface area (Å²) in [7, 11) is 1.68. The quantitative estimate of drug-likeness (QED) is 0.774. The number of aryl methyl sites for hydroxylation is 1. The van der Waals surface area contributed by atoms with Crippen LogP contribution < -0.4 is 4.74 Å². The lowest BCUT2D eigenvalue weighted by molar-refractivity contribution is -0.137. The Bertz CT molecular complexity index is 495. The molecule has 1 aromatic carbocycles. The van der Waals surface area contributed by atoms with Gasteiger partial charge in [-0.25, -0.2) is 0 Å². The maximum Gasteiger partial charge on any atom is 0.303 e. The van der Waals surface area contributed by atoms with Crippen LogP contribution in [0.25, 0.3) is 0 Å². The van der Waals surface area contributed by atoms with Crippen molar-refractivity contribution < 1.29 is 14.6 Å². The van der Waals surface area contributed by atoms with E-state index in [2.05, 4.69) is 25.3 Å². The van der Waals surface area contributed by atoms with E-state index >= 15 is 0 Å². The highest BCUT2D eigenvalue weighted by Gasteiger charge is 2.35. The van der Waals surface area contributed by atoms with Gasteiger partial charge in [0.25, 0.3) is 0 Å².